The molecule has 1 heterocycles. The van der Waals surface area contributed by atoms with Crippen molar-refractivity contribution in [3.8, 4) is 0 Å². The number of ketones is 1. The first-order chi connectivity index (χ1) is 8.99. The van der Waals surface area contributed by atoms with E-state index in [2.05, 4.69) is 34.6 Å². The molecule has 1 rings (SSSR count). The Hall–Kier alpha value is 0.170. The van der Waals surface area contributed by atoms with Crippen molar-refractivity contribution in [2.45, 2.75) is 79.7 Å². The molecule has 0 N–H and O–H groups in total. The first-order valence-electron chi connectivity index (χ1n) is 7.65. The normalized spacial score (nSPS) is 27.6. The van der Waals surface area contributed by atoms with Gasteiger partial charge in [-0.15, -0.1) is 0 Å². The Morgan fingerprint density at radius 2 is 1.33 bits per heavy atom. The highest BCUT2D eigenvalue weighted by molar-refractivity contribution is 8.86. The molecule has 1 aliphatic rings. The molecule has 2 atom stereocenters. The van der Waals surface area contributed by atoms with E-state index in [9.17, 15) is 9.00 Å². The van der Waals surface area contributed by atoms with Gasteiger partial charge < -0.3 is 0 Å². The molecule has 0 aromatic heterocycles. The second-order valence-corrected chi connectivity index (χ2v) is 13.2. The van der Waals surface area contributed by atoms with Crippen LogP contribution in [-0.2, 0) is 14.6 Å². The summed E-state index contributed by atoms with van der Waals surface area (Å²) < 4.78 is 12.1. The van der Waals surface area contributed by atoms with Crippen LogP contribution in [0.4, 0.5) is 0 Å². The molecule has 0 saturated carbocycles. The predicted molar refractivity (Wildman–Crippen MR) is 94.6 cm³/mol. The quantitative estimate of drug-likeness (QED) is 0.524. The SMILES string of the molecule is CC(C)(C)C(=O)C(C)(C)CC(C)(C)C1(C(C)(C)C)SS1=O. The van der Waals surface area contributed by atoms with Crippen LogP contribution >= 0.6 is 10.8 Å². The van der Waals surface area contributed by atoms with Crippen LogP contribution in [0.3, 0.4) is 0 Å². The number of hydrogen-bond donors (Lipinski definition) is 0. The lowest BCUT2D eigenvalue weighted by atomic mass is 9.63. The Morgan fingerprint density at radius 3 is 1.57 bits per heavy atom. The molecule has 2 unspecified atom stereocenters. The Morgan fingerprint density at radius 1 is 0.952 bits per heavy atom. The van der Waals surface area contributed by atoms with E-state index >= 15 is 0 Å². The van der Waals surface area contributed by atoms with Crippen molar-refractivity contribution >= 4 is 26.4 Å². The van der Waals surface area contributed by atoms with Crippen LogP contribution in [0.2, 0.25) is 0 Å². The first-order valence-corrected chi connectivity index (χ1v) is 10.1. The lowest BCUT2D eigenvalue weighted by molar-refractivity contribution is -0.136. The van der Waals surface area contributed by atoms with E-state index < -0.39 is 15.2 Å². The highest BCUT2D eigenvalue weighted by Crippen LogP contribution is 2.72. The van der Waals surface area contributed by atoms with Crippen molar-refractivity contribution in [3.63, 3.8) is 0 Å². The highest BCUT2D eigenvalue weighted by atomic mass is 33.2. The number of rotatable bonds is 4. The van der Waals surface area contributed by atoms with Crippen LogP contribution in [0.1, 0.15) is 75.7 Å². The van der Waals surface area contributed by atoms with Gasteiger partial charge in [-0.05, 0) is 28.0 Å². The summed E-state index contributed by atoms with van der Waals surface area (Å²) in [7, 11) is 0.713. The third-order valence-electron chi connectivity index (χ3n) is 4.46. The summed E-state index contributed by atoms with van der Waals surface area (Å²) in [6.07, 6.45) is 0.756. The van der Waals surface area contributed by atoms with Gasteiger partial charge in [0.15, 0.2) is 0 Å². The minimum Gasteiger partial charge on any atom is -0.299 e. The smallest absolute Gasteiger partial charge is 0.143 e. The monoisotopic (exact) mass is 332 g/mol. The second-order valence-electron chi connectivity index (χ2n) is 9.71. The molecule has 1 saturated heterocycles. The van der Waals surface area contributed by atoms with Gasteiger partial charge in [-0.3, -0.25) is 4.79 Å². The van der Waals surface area contributed by atoms with Crippen molar-refractivity contribution in [1.29, 1.82) is 0 Å². The summed E-state index contributed by atoms with van der Waals surface area (Å²) in [5.74, 6) is 0.281. The maximum absolute atomic E-state index is 12.8. The third-order valence-corrected chi connectivity index (χ3v) is 9.50. The number of Topliss-reactive ketones (excluding diaryl/α,β-unsaturated/α-hetero) is 1. The number of carbonyl (C=O) groups excluding carboxylic acids is 1. The van der Waals surface area contributed by atoms with Crippen LogP contribution in [-0.4, -0.2) is 14.1 Å². The van der Waals surface area contributed by atoms with Gasteiger partial charge in [0.25, 0.3) is 0 Å². The van der Waals surface area contributed by atoms with Gasteiger partial charge in [0, 0.05) is 10.8 Å². The summed E-state index contributed by atoms with van der Waals surface area (Å²) in [6.45, 7) is 20.8. The molecule has 124 valence electrons. The molecule has 0 radical (unpaired) electrons. The Labute approximate surface area is 137 Å². The maximum atomic E-state index is 12.8. The van der Waals surface area contributed by atoms with Gasteiger partial charge in [-0.1, -0.05) is 69.2 Å². The average Bonchev–Trinajstić information content (AvgIpc) is 2.87. The first kappa shape index (κ1) is 19.2. The second kappa shape index (κ2) is 5.09. The van der Waals surface area contributed by atoms with E-state index in [1.165, 1.54) is 0 Å². The summed E-state index contributed by atoms with van der Waals surface area (Å²) >= 11 is 0. The summed E-state index contributed by atoms with van der Waals surface area (Å²) in [6, 6.07) is 0. The molecule has 21 heavy (non-hydrogen) atoms. The van der Waals surface area contributed by atoms with Crippen LogP contribution in [0, 0.1) is 21.7 Å². The summed E-state index contributed by atoms with van der Waals surface area (Å²) in [4.78, 5) is 12.8. The number of hydrogen-bond acceptors (Lipinski definition) is 3. The Kier molecular flexibility index (Phi) is 4.66. The lowest BCUT2D eigenvalue weighted by Gasteiger charge is -2.44. The van der Waals surface area contributed by atoms with Gasteiger partial charge in [0.05, 0.1) is 0 Å². The van der Waals surface area contributed by atoms with Crippen LogP contribution in [0.25, 0.3) is 0 Å². The van der Waals surface area contributed by atoms with Crippen LogP contribution < -0.4 is 0 Å². The van der Waals surface area contributed by atoms with E-state index in [-0.39, 0.29) is 26.1 Å². The largest absolute Gasteiger partial charge is 0.299 e. The molecule has 0 aromatic carbocycles. The number of carbonyl (C=O) groups is 1. The highest BCUT2D eigenvalue weighted by Gasteiger charge is 2.70. The molecule has 0 amide bonds. The Balaban J connectivity index is 3.12. The van der Waals surface area contributed by atoms with E-state index in [0.717, 1.165) is 6.42 Å². The van der Waals surface area contributed by atoms with Crippen molar-refractivity contribution in [2.75, 3.05) is 0 Å². The van der Waals surface area contributed by atoms with Gasteiger partial charge in [0.2, 0.25) is 0 Å². The summed E-state index contributed by atoms with van der Waals surface area (Å²) in [5.41, 5.74) is -0.963. The molecule has 4 heteroatoms. The van der Waals surface area contributed by atoms with Crippen molar-refractivity contribution in [2.24, 2.45) is 21.7 Å². The van der Waals surface area contributed by atoms with Crippen molar-refractivity contribution in [3.05, 3.63) is 0 Å². The van der Waals surface area contributed by atoms with Crippen LogP contribution in [0.5, 0.6) is 0 Å². The molecule has 0 aliphatic carbocycles. The lowest BCUT2D eigenvalue weighted by Crippen LogP contribution is -2.47. The zero-order chi connectivity index (χ0) is 17.1. The standard InChI is InChI=1S/C17H32O2S2/c1-13(2,3)12(18)15(7,8)11-16(9,10)17(14(4,5)6)20-21(17)19/h11H2,1-10H3. The fraction of sp³-hybridized carbons (Fsp3) is 0.941. The molecule has 0 aromatic rings. The van der Waals surface area contributed by atoms with E-state index in [1.807, 2.05) is 34.6 Å². The molecular weight excluding hydrogens is 300 g/mol. The molecule has 1 fully saturated rings. The summed E-state index contributed by atoms with van der Waals surface area (Å²) in [5, 5.41) is 0. The fourth-order valence-corrected chi connectivity index (χ4v) is 9.53. The minimum atomic E-state index is -0.860. The minimum absolute atomic E-state index is 0.0487. The zero-order valence-electron chi connectivity index (χ0n) is 15.3. The molecule has 0 spiro atoms. The molecule has 0 bridgehead atoms. The van der Waals surface area contributed by atoms with Crippen molar-refractivity contribution in [1.82, 2.24) is 0 Å². The van der Waals surface area contributed by atoms with E-state index in [4.69, 9.17) is 0 Å². The van der Waals surface area contributed by atoms with Gasteiger partial charge in [0.1, 0.15) is 19.7 Å². The predicted octanol–water partition coefficient (Wildman–Crippen LogP) is 5.20. The zero-order valence-corrected chi connectivity index (χ0v) is 17.0. The van der Waals surface area contributed by atoms with Gasteiger partial charge in [-0.25, -0.2) is 4.21 Å². The topological polar surface area (TPSA) is 34.1 Å². The van der Waals surface area contributed by atoms with Crippen molar-refractivity contribution < 1.29 is 9.00 Å². The third kappa shape index (κ3) is 3.26. The molecular formula is C17H32O2S2. The maximum Gasteiger partial charge on any atom is 0.143 e. The fourth-order valence-electron chi connectivity index (χ4n) is 4.13. The van der Waals surface area contributed by atoms with Crippen LogP contribution in [0.15, 0.2) is 0 Å². The van der Waals surface area contributed by atoms with Gasteiger partial charge in [-0.2, -0.15) is 0 Å². The van der Waals surface area contributed by atoms with E-state index in [0.29, 0.717) is 0 Å². The molecule has 2 nitrogen and oxygen atoms in total. The average molecular weight is 333 g/mol. The molecule has 1 aliphatic heterocycles. The Bertz CT molecular complexity index is 464. The van der Waals surface area contributed by atoms with Gasteiger partial charge >= 0.3 is 0 Å². The van der Waals surface area contributed by atoms with E-state index in [1.54, 1.807) is 10.8 Å².